The number of hydrogen-bond acceptors (Lipinski definition) is 5. The quantitative estimate of drug-likeness (QED) is 0.356. The number of carbonyl (C=O) groups is 2. The molecule has 3 aliphatic rings. The van der Waals surface area contributed by atoms with Crippen molar-refractivity contribution in [2.75, 3.05) is 40.3 Å². The summed E-state index contributed by atoms with van der Waals surface area (Å²) in [6, 6.07) is 7.65. The summed E-state index contributed by atoms with van der Waals surface area (Å²) in [6.45, 7) is 8.60. The van der Waals surface area contributed by atoms with Crippen LogP contribution in [-0.4, -0.2) is 72.6 Å². The van der Waals surface area contributed by atoms with Crippen molar-refractivity contribution in [3.8, 4) is 5.75 Å². The fraction of sp³-hybridized carbons (Fsp3) is 0.464. The van der Waals surface area contributed by atoms with Gasteiger partial charge in [-0.15, -0.1) is 0 Å². The number of amides is 2. The molecule has 1 aromatic rings. The Bertz CT molecular complexity index is 1090. The first-order valence-electron chi connectivity index (χ1n) is 12.4. The van der Waals surface area contributed by atoms with Crippen molar-refractivity contribution in [1.29, 1.82) is 0 Å². The monoisotopic (exact) mass is 494 g/mol. The molecule has 0 spiro atoms. The molecule has 186 valence electrons. The van der Waals surface area contributed by atoms with Crippen molar-refractivity contribution in [2.24, 2.45) is 11.8 Å². The minimum absolute atomic E-state index is 0.0155. The van der Waals surface area contributed by atoms with Crippen molar-refractivity contribution >= 4 is 35.4 Å². The second-order valence-corrected chi connectivity index (χ2v) is 11.0. The van der Waals surface area contributed by atoms with E-state index in [1.54, 1.807) is 18.7 Å². The number of para-hydroxylation sites is 1. The number of carbonyl (C=O) groups excluding carboxylic acids is 2. The zero-order valence-electron chi connectivity index (χ0n) is 21.1. The number of benzene rings is 1. The molecule has 1 aromatic carbocycles. The molecule has 1 aliphatic carbocycles. The number of allylic oxidation sites excluding steroid dienone is 1. The summed E-state index contributed by atoms with van der Waals surface area (Å²) < 4.78 is 7.08. The molecule has 35 heavy (non-hydrogen) atoms. The van der Waals surface area contributed by atoms with Crippen LogP contribution in [0.15, 0.2) is 53.0 Å². The molecule has 4 rings (SSSR count). The first-order valence-corrected chi connectivity index (χ1v) is 13.3. The normalized spacial score (nSPS) is 25.9. The Hall–Kier alpha value is -2.64. The van der Waals surface area contributed by atoms with Crippen LogP contribution in [0, 0.1) is 11.8 Å². The van der Waals surface area contributed by atoms with Gasteiger partial charge in [-0.3, -0.25) is 4.79 Å². The van der Waals surface area contributed by atoms with E-state index < -0.39 is 0 Å². The van der Waals surface area contributed by atoms with Crippen LogP contribution in [0.3, 0.4) is 0 Å². The van der Waals surface area contributed by atoms with Crippen LogP contribution in [0.5, 0.6) is 5.75 Å². The molecular weight excluding hydrogens is 458 g/mol. The van der Waals surface area contributed by atoms with Crippen LogP contribution in [0.25, 0.3) is 6.08 Å². The molecule has 0 bridgehead atoms. The lowest BCUT2D eigenvalue weighted by atomic mass is 9.92. The summed E-state index contributed by atoms with van der Waals surface area (Å²) in [7, 11) is 3.40. The third-order valence-corrected chi connectivity index (χ3v) is 7.97. The summed E-state index contributed by atoms with van der Waals surface area (Å²) >= 11 is 1.50. The number of likely N-dealkylation sites (N-methyl/N-ethyl adjacent to an activating group) is 1. The Morgan fingerprint density at radius 3 is 2.74 bits per heavy atom. The molecule has 0 saturated carbocycles. The Morgan fingerprint density at radius 1 is 1.26 bits per heavy atom. The highest BCUT2D eigenvalue weighted by Gasteiger charge is 2.38. The average molecular weight is 495 g/mol. The van der Waals surface area contributed by atoms with Gasteiger partial charge in [0.2, 0.25) is 5.71 Å². The SMILES string of the molecule is COc1ccccc1/C=C1/SC2C=CC(C(=O)NCCCN3CC(C)CC(C)C3)=CC2=[N+](C)C1=O. The van der Waals surface area contributed by atoms with Crippen molar-refractivity contribution in [1.82, 2.24) is 10.2 Å². The molecule has 2 heterocycles. The number of nitrogens with one attached hydrogen (secondary N) is 1. The number of fused-ring (bicyclic) bond motifs is 1. The highest BCUT2D eigenvalue weighted by Crippen LogP contribution is 2.34. The second kappa shape index (κ2) is 11.4. The molecule has 0 radical (unpaired) electrons. The van der Waals surface area contributed by atoms with E-state index in [4.69, 9.17) is 4.74 Å². The predicted octanol–water partition coefficient (Wildman–Crippen LogP) is 3.74. The van der Waals surface area contributed by atoms with E-state index in [0.29, 0.717) is 17.0 Å². The number of methoxy groups -OCH3 is 1. The van der Waals surface area contributed by atoms with Crippen molar-refractivity contribution in [3.63, 3.8) is 0 Å². The summed E-state index contributed by atoms with van der Waals surface area (Å²) in [5, 5.41) is 3.04. The Labute approximate surface area is 212 Å². The van der Waals surface area contributed by atoms with Crippen molar-refractivity contribution < 1.29 is 18.9 Å². The van der Waals surface area contributed by atoms with E-state index in [9.17, 15) is 9.59 Å². The second-order valence-electron chi connectivity index (χ2n) is 9.85. The zero-order chi connectivity index (χ0) is 24.9. The van der Waals surface area contributed by atoms with Crippen molar-refractivity contribution in [2.45, 2.75) is 31.9 Å². The summed E-state index contributed by atoms with van der Waals surface area (Å²) in [6.07, 6.45) is 9.84. The molecule has 3 unspecified atom stereocenters. The van der Waals surface area contributed by atoms with Gasteiger partial charge < -0.3 is 15.0 Å². The summed E-state index contributed by atoms with van der Waals surface area (Å²) in [4.78, 5) is 29.0. The van der Waals surface area contributed by atoms with Gasteiger partial charge in [0.1, 0.15) is 23.0 Å². The third kappa shape index (κ3) is 6.14. The van der Waals surface area contributed by atoms with Gasteiger partial charge in [-0.1, -0.05) is 56.0 Å². The molecule has 1 N–H and O–H groups in total. The molecule has 1 saturated heterocycles. The molecular formula is C28H36N3O3S+. The Morgan fingerprint density at radius 2 is 2.00 bits per heavy atom. The molecule has 2 aliphatic heterocycles. The third-order valence-electron chi connectivity index (χ3n) is 6.77. The van der Waals surface area contributed by atoms with Crippen LogP contribution in [0.2, 0.25) is 0 Å². The number of ether oxygens (including phenoxy) is 1. The standard InChI is InChI=1S/C28H35N3O3S/c1-19-14-20(2)18-31(17-19)13-7-12-29-27(32)22-10-11-25-23(15-22)30(3)28(33)26(35-25)16-21-8-5-6-9-24(21)34-4/h5-6,8-11,15-16,19-20,25H,7,12-14,17-18H2,1-4H3/p+1/b26-16+. The smallest absolute Gasteiger partial charge is 0.425 e. The number of nitrogens with zero attached hydrogens (tertiary/aromatic N) is 2. The van der Waals surface area contributed by atoms with Crippen LogP contribution >= 0.6 is 11.8 Å². The fourth-order valence-electron chi connectivity index (χ4n) is 5.18. The molecule has 1 fully saturated rings. The average Bonchev–Trinajstić information content (AvgIpc) is 2.84. The Balaban J connectivity index is 1.38. The van der Waals surface area contributed by atoms with E-state index in [1.165, 1.54) is 18.2 Å². The highest BCUT2D eigenvalue weighted by molar-refractivity contribution is 8.05. The van der Waals surface area contributed by atoms with Gasteiger partial charge in [0.25, 0.3) is 5.91 Å². The number of likely N-dealkylation sites (tertiary alicyclic amines) is 1. The number of piperidine rings is 1. The van der Waals surface area contributed by atoms with Gasteiger partial charge in [0, 0.05) is 36.8 Å². The topological polar surface area (TPSA) is 61.6 Å². The van der Waals surface area contributed by atoms with Crippen molar-refractivity contribution in [3.05, 3.63) is 58.5 Å². The van der Waals surface area contributed by atoms with Gasteiger partial charge in [-0.2, -0.15) is 4.58 Å². The first-order chi connectivity index (χ1) is 16.9. The lowest BCUT2D eigenvalue weighted by Gasteiger charge is -2.34. The lowest BCUT2D eigenvalue weighted by molar-refractivity contribution is -0.413. The predicted molar refractivity (Wildman–Crippen MR) is 143 cm³/mol. The molecule has 3 atom stereocenters. The maximum absolute atomic E-state index is 13.1. The van der Waals surface area contributed by atoms with Gasteiger partial charge in [-0.05, 0) is 43.4 Å². The number of thioether (sulfide) groups is 1. The van der Waals surface area contributed by atoms with E-state index in [-0.39, 0.29) is 17.1 Å². The maximum Gasteiger partial charge on any atom is 0.425 e. The van der Waals surface area contributed by atoms with Crippen LogP contribution in [-0.2, 0) is 9.59 Å². The zero-order valence-corrected chi connectivity index (χ0v) is 21.9. The van der Waals surface area contributed by atoms with E-state index >= 15 is 0 Å². The summed E-state index contributed by atoms with van der Waals surface area (Å²) in [5.74, 6) is 2.05. The first kappa shape index (κ1) is 25.5. The molecule has 6 nitrogen and oxygen atoms in total. The minimum Gasteiger partial charge on any atom is -0.496 e. The summed E-state index contributed by atoms with van der Waals surface area (Å²) in [5.41, 5.74) is 2.29. The largest absolute Gasteiger partial charge is 0.496 e. The Kier molecular flexibility index (Phi) is 8.29. The van der Waals surface area contributed by atoms with Gasteiger partial charge in [0.15, 0.2) is 0 Å². The van der Waals surface area contributed by atoms with Crippen LogP contribution in [0.4, 0.5) is 0 Å². The van der Waals surface area contributed by atoms with Crippen LogP contribution < -0.4 is 10.1 Å². The highest BCUT2D eigenvalue weighted by atomic mass is 32.2. The lowest BCUT2D eigenvalue weighted by Crippen LogP contribution is -2.40. The van der Waals surface area contributed by atoms with E-state index in [1.807, 2.05) is 48.6 Å². The minimum atomic E-state index is -0.0891. The number of rotatable bonds is 7. The van der Waals surface area contributed by atoms with E-state index in [2.05, 4.69) is 24.1 Å². The fourth-order valence-corrected chi connectivity index (χ4v) is 6.39. The maximum atomic E-state index is 13.1. The van der Waals surface area contributed by atoms with Gasteiger partial charge in [0.05, 0.1) is 7.11 Å². The van der Waals surface area contributed by atoms with Gasteiger partial charge >= 0.3 is 5.91 Å². The molecule has 2 amide bonds. The van der Waals surface area contributed by atoms with Crippen LogP contribution in [0.1, 0.15) is 32.3 Å². The van der Waals surface area contributed by atoms with E-state index in [0.717, 1.165) is 54.9 Å². The molecule has 0 aromatic heterocycles. The molecule has 7 heteroatoms. The number of hydrogen-bond donors (Lipinski definition) is 1. The van der Waals surface area contributed by atoms with Gasteiger partial charge in [-0.25, -0.2) is 4.79 Å².